The minimum atomic E-state index is -0.998. The molecule has 8 nitrogen and oxygen atoms in total. The van der Waals surface area contributed by atoms with E-state index in [1.54, 1.807) is 19.9 Å². The minimum absolute atomic E-state index is 0.198. The molecule has 3 rings (SSSR count). The molecule has 8 heteroatoms. The largest absolute Gasteiger partial charge is 0.335 e. The van der Waals surface area contributed by atoms with E-state index in [1.165, 1.54) is 11.9 Å². The Morgan fingerprint density at radius 3 is 2.52 bits per heavy atom. The van der Waals surface area contributed by atoms with Crippen LogP contribution in [0.2, 0.25) is 0 Å². The molecule has 1 atom stereocenters. The maximum Gasteiger partial charge on any atom is 0.325 e. The van der Waals surface area contributed by atoms with E-state index in [-0.39, 0.29) is 12.5 Å². The van der Waals surface area contributed by atoms with Crippen molar-refractivity contribution in [3.05, 3.63) is 42.5 Å². The Morgan fingerprint density at radius 1 is 1.14 bits per heavy atom. The summed E-state index contributed by atoms with van der Waals surface area (Å²) in [5.41, 5.74) is -0.344. The Hall–Kier alpha value is -3.42. The molecule has 152 valence electrons. The molecule has 1 aliphatic heterocycles. The summed E-state index contributed by atoms with van der Waals surface area (Å²) in [6.45, 7) is 2.81. The molecule has 1 fully saturated rings. The van der Waals surface area contributed by atoms with E-state index in [4.69, 9.17) is 0 Å². The van der Waals surface area contributed by atoms with Crippen LogP contribution in [0.15, 0.2) is 42.5 Å². The number of hydrogen-bond acceptors (Lipinski definition) is 4. The van der Waals surface area contributed by atoms with Crippen molar-refractivity contribution in [2.75, 3.05) is 25.5 Å². The van der Waals surface area contributed by atoms with Crippen LogP contribution in [0, 0.1) is 0 Å². The highest BCUT2D eigenvalue weighted by Crippen LogP contribution is 2.23. The molecule has 0 aliphatic carbocycles. The molecule has 29 heavy (non-hydrogen) atoms. The Balaban J connectivity index is 1.62. The average Bonchev–Trinajstić information content (AvgIpc) is 2.91. The second-order valence-corrected chi connectivity index (χ2v) is 7.33. The van der Waals surface area contributed by atoms with E-state index in [1.807, 2.05) is 36.4 Å². The Kier molecular flexibility index (Phi) is 5.54. The van der Waals surface area contributed by atoms with Crippen molar-refractivity contribution < 1.29 is 19.2 Å². The summed E-state index contributed by atoms with van der Waals surface area (Å²) in [6, 6.07) is 12.6. The van der Waals surface area contributed by atoms with Crippen LogP contribution < -0.4 is 10.6 Å². The molecule has 0 radical (unpaired) electrons. The normalized spacial score (nSPS) is 18.7. The number of carbonyl (C=O) groups excluding carboxylic acids is 4. The molecular weight excluding hydrogens is 372 g/mol. The highest BCUT2D eigenvalue weighted by atomic mass is 16.2. The number of rotatable bonds is 6. The first-order chi connectivity index (χ1) is 13.7. The van der Waals surface area contributed by atoms with Gasteiger partial charge < -0.3 is 15.5 Å². The first kappa shape index (κ1) is 20.3. The first-order valence-electron chi connectivity index (χ1n) is 9.41. The van der Waals surface area contributed by atoms with Gasteiger partial charge in [-0.15, -0.1) is 0 Å². The van der Waals surface area contributed by atoms with Gasteiger partial charge >= 0.3 is 6.03 Å². The quantitative estimate of drug-likeness (QED) is 0.729. The van der Waals surface area contributed by atoms with Crippen LogP contribution in [-0.4, -0.2) is 59.2 Å². The van der Waals surface area contributed by atoms with Gasteiger partial charge in [-0.2, -0.15) is 0 Å². The molecule has 0 spiro atoms. The lowest BCUT2D eigenvalue weighted by atomic mass is 9.99. The minimum Gasteiger partial charge on any atom is -0.335 e. The second kappa shape index (κ2) is 7.90. The zero-order valence-electron chi connectivity index (χ0n) is 16.7. The summed E-state index contributed by atoms with van der Waals surface area (Å²) in [6.07, 6.45) is 0.422. The van der Waals surface area contributed by atoms with Gasteiger partial charge in [-0.3, -0.25) is 19.3 Å². The highest BCUT2D eigenvalue weighted by molar-refractivity contribution is 6.09. The topological polar surface area (TPSA) is 98.8 Å². The summed E-state index contributed by atoms with van der Waals surface area (Å²) >= 11 is 0. The molecule has 0 aromatic heterocycles. The predicted octanol–water partition coefficient (Wildman–Crippen LogP) is 1.96. The lowest BCUT2D eigenvalue weighted by Crippen LogP contribution is -2.45. The number of urea groups is 1. The van der Waals surface area contributed by atoms with E-state index < -0.39 is 29.9 Å². The number of carbonyl (C=O) groups is 4. The standard InChI is InChI=1S/C21H24N4O4/c1-4-21(2)19(28)25(20(29)23-21)13-18(27)24(3)12-17(26)22-16-11-7-9-14-8-5-6-10-15(14)16/h5-11H,4,12-13H2,1-3H3,(H,22,26)(H,23,29). The number of benzene rings is 2. The van der Waals surface area contributed by atoms with E-state index in [2.05, 4.69) is 10.6 Å². The number of nitrogens with one attached hydrogen (secondary N) is 2. The highest BCUT2D eigenvalue weighted by Gasteiger charge is 2.47. The van der Waals surface area contributed by atoms with Gasteiger partial charge in [0.05, 0.1) is 6.54 Å². The molecule has 2 aromatic carbocycles. The Bertz CT molecular complexity index is 984. The molecule has 5 amide bonds. The molecular formula is C21H24N4O4. The SMILES string of the molecule is CCC1(C)NC(=O)N(CC(=O)N(C)CC(=O)Nc2cccc3ccccc23)C1=O. The van der Waals surface area contributed by atoms with Crippen molar-refractivity contribution >= 4 is 40.2 Å². The summed E-state index contributed by atoms with van der Waals surface area (Å²) in [4.78, 5) is 51.4. The van der Waals surface area contributed by atoms with Crippen LogP contribution in [0.3, 0.4) is 0 Å². The number of likely N-dealkylation sites (N-methyl/N-ethyl adjacent to an activating group) is 1. The summed E-state index contributed by atoms with van der Waals surface area (Å²) in [5, 5.41) is 7.30. The smallest absolute Gasteiger partial charge is 0.325 e. The molecule has 2 aromatic rings. The van der Waals surface area contributed by atoms with Crippen molar-refractivity contribution in [2.45, 2.75) is 25.8 Å². The van der Waals surface area contributed by atoms with Crippen LogP contribution in [0.25, 0.3) is 10.8 Å². The molecule has 0 bridgehead atoms. The van der Waals surface area contributed by atoms with Crippen molar-refractivity contribution in [1.82, 2.24) is 15.1 Å². The van der Waals surface area contributed by atoms with E-state index in [0.29, 0.717) is 12.1 Å². The summed E-state index contributed by atoms with van der Waals surface area (Å²) in [7, 11) is 1.46. The summed E-state index contributed by atoms with van der Waals surface area (Å²) < 4.78 is 0. The van der Waals surface area contributed by atoms with E-state index in [9.17, 15) is 19.2 Å². The molecule has 1 aliphatic rings. The van der Waals surface area contributed by atoms with Crippen molar-refractivity contribution in [3.63, 3.8) is 0 Å². The van der Waals surface area contributed by atoms with Gasteiger partial charge in [0.2, 0.25) is 11.8 Å². The fourth-order valence-electron chi connectivity index (χ4n) is 3.21. The van der Waals surface area contributed by atoms with Crippen LogP contribution in [0.1, 0.15) is 20.3 Å². The van der Waals surface area contributed by atoms with Gasteiger partial charge in [-0.05, 0) is 24.8 Å². The number of nitrogens with zero attached hydrogens (tertiary/aromatic N) is 2. The van der Waals surface area contributed by atoms with E-state index >= 15 is 0 Å². The zero-order valence-corrected chi connectivity index (χ0v) is 16.7. The predicted molar refractivity (Wildman–Crippen MR) is 109 cm³/mol. The monoisotopic (exact) mass is 396 g/mol. The molecule has 1 saturated heterocycles. The third-order valence-electron chi connectivity index (χ3n) is 5.22. The van der Waals surface area contributed by atoms with Gasteiger partial charge in [-0.1, -0.05) is 43.3 Å². The van der Waals surface area contributed by atoms with Gasteiger partial charge in [0, 0.05) is 18.1 Å². The molecule has 2 N–H and O–H groups in total. The number of fused-ring (bicyclic) bond motifs is 1. The van der Waals surface area contributed by atoms with E-state index in [0.717, 1.165) is 15.7 Å². The van der Waals surface area contributed by atoms with Crippen molar-refractivity contribution in [1.29, 1.82) is 0 Å². The number of hydrogen-bond donors (Lipinski definition) is 2. The van der Waals surface area contributed by atoms with Crippen LogP contribution in [-0.2, 0) is 14.4 Å². The third kappa shape index (κ3) is 4.06. The zero-order chi connectivity index (χ0) is 21.2. The third-order valence-corrected chi connectivity index (χ3v) is 5.22. The lowest BCUT2D eigenvalue weighted by Gasteiger charge is -2.21. The van der Waals surface area contributed by atoms with Gasteiger partial charge in [0.1, 0.15) is 12.1 Å². The van der Waals surface area contributed by atoms with Gasteiger partial charge in [0.15, 0.2) is 0 Å². The summed E-state index contributed by atoms with van der Waals surface area (Å²) in [5.74, 6) is -1.30. The van der Waals surface area contributed by atoms with Gasteiger partial charge in [0.25, 0.3) is 5.91 Å². The molecule has 1 heterocycles. The number of amides is 5. The Labute approximate surface area is 168 Å². The van der Waals surface area contributed by atoms with Gasteiger partial charge in [-0.25, -0.2) is 4.79 Å². The fourth-order valence-corrected chi connectivity index (χ4v) is 3.21. The molecule has 0 saturated carbocycles. The first-order valence-corrected chi connectivity index (χ1v) is 9.41. The number of anilines is 1. The van der Waals surface area contributed by atoms with Crippen molar-refractivity contribution in [2.24, 2.45) is 0 Å². The van der Waals surface area contributed by atoms with Crippen molar-refractivity contribution in [3.8, 4) is 0 Å². The van der Waals surface area contributed by atoms with Crippen LogP contribution in [0.4, 0.5) is 10.5 Å². The van der Waals surface area contributed by atoms with Crippen LogP contribution in [0.5, 0.6) is 0 Å². The maximum absolute atomic E-state index is 12.5. The maximum atomic E-state index is 12.5. The average molecular weight is 396 g/mol. The number of imide groups is 1. The lowest BCUT2D eigenvalue weighted by molar-refractivity contribution is -0.139. The fraction of sp³-hybridized carbons (Fsp3) is 0.333. The Morgan fingerprint density at radius 2 is 1.83 bits per heavy atom. The molecule has 1 unspecified atom stereocenters. The second-order valence-electron chi connectivity index (χ2n) is 7.33. The van der Waals surface area contributed by atoms with Crippen LogP contribution >= 0.6 is 0 Å².